The highest BCUT2D eigenvalue weighted by atomic mass is 16.4. The number of fused-ring (bicyclic) bond motifs is 8. The second kappa shape index (κ2) is 7.20. The molecule has 2 aromatic rings. The molecule has 14 N–H and O–H groups in total. The van der Waals surface area contributed by atoms with E-state index in [1.807, 2.05) is 0 Å². The zero-order chi connectivity index (χ0) is 29.5. The molecular formula is C27H25NO12. The molecule has 13 heteroatoms. The smallest absolute Gasteiger partial charge is 0.204 e. The minimum absolute atomic E-state index is 0.0482. The molecule has 40 heavy (non-hydrogen) atoms. The normalized spacial score (nSPS) is 28.6. The summed E-state index contributed by atoms with van der Waals surface area (Å²) in [4.78, 5) is 0. The molecule has 6 rings (SSSR count). The van der Waals surface area contributed by atoms with Crippen LogP contribution in [-0.2, 0) is 5.41 Å². The number of benzene rings is 2. The van der Waals surface area contributed by atoms with Crippen LogP contribution in [0.5, 0.6) is 46.0 Å². The molecule has 0 amide bonds. The van der Waals surface area contributed by atoms with Gasteiger partial charge in [0, 0.05) is 33.5 Å². The van der Waals surface area contributed by atoms with Crippen LogP contribution in [-0.4, -0.2) is 73.0 Å². The molecule has 0 radical (unpaired) electrons. The first kappa shape index (κ1) is 25.4. The number of phenolic OH excluding ortho intramolecular Hbond substituents is 8. The Kier molecular flexibility index (Phi) is 4.57. The number of hydrogen-bond donors (Lipinski definition) is 13. The van der Waals surface area contributed by atoms with E-state index < -0.39 is 108 Å². The van der Waals surface area contributed by atoms with E-state index >= 15 is 0 Å². The third kappa shape index (κ3) is 2.41. The van der Waals surface area contributed by atoms with Crippen LogP contribution in [0, 0.1) is 5.92 Å². The summed E-state index contributed by atoms with van der Waals surface area (Å²) in [6, 6.07) is 0. The van der Waals surface area contributed by atoms with Crippen LogP contribution in [0.25, 0.3) is 11.1 Å². The lowest BCUT2D eigenvalue weighted by molar-refractivity contribution is -0.0430. The van der Waals surface area contributed by atoms with Gasteiger partial charge in [-0.15, -0.1) is 0 Å². The number of rotatable bonds is 0. The standard InChI is InChI=1S/C27H25NO12/c1-5-3-7-6(4-8(5)28)9-12(17(32)21(36)19(34)14(9)29)27(7)13-10(15(30)20(35)22(37)18(13)33)11-16(31)23(38)25(39)26(2,40)24(11)27/h4-5,25,29-40H,3,28H2,1-2H3. The Labute approximate surface area is 224 Å². The Balaban J connectivity index is 1.99. The average molecular weight is 555 g/mol. The van der Waals surface area contributed by atoms with Crippen LogP contribution in [0.2, 0.25) is 0 Å². The summed E-state index contributed by atoms with van der Waals surface area (Å²) >= 11 is 0. The lowest BCUT2D eigenvalue weighted by Crippen LogP contribution is -2.51. The second-order valence-corrected chi connectivity index (χ2v) is 10.7. The quantitative estimate of drug-likeness (QED) is 0.162. The molecule has 13 nitrogen and oxygen atoms in total. The third-order valence-corrected chi connectivity index (χ3v) is 8.63. The van der Waals surface area contributed by atoms with Crippen molar-refractivity contribution in [3.63, 3.8) is 0 Å². The molecule has 2 aromatic carbocycles. The summed E-state index contributed by atoms with van der Waals surface area (Å²) in [5, 5.41) is 131. The molecule has 0 heterocycles. The molecule has 0 fully saturated rings. The molecule has 4 atom stereocenters. The summed E-state index contributed by atoms with van der Waals surface area (Å²) in [6.45, 7) is 2.73. The van der Waals surface area contributed by atoms with Crippen LogP contribution < -0.4 is 5.73 Å². The van der Waals surface area contributed by atoms with Gasteiger partial charge < -0.3 is 67.0 Å². The van der Waals surface area contributed by atoms with E-state index in [4.69, 9.17) is 5.73 Å². The van der Waals surface area contributed by atoms with Crippen LogP contribution >= 0.6 is 0 Å². The van der Waals surface area contributed by atoms with E-state index in [1.54, 1.807) is 6.92 Å². The Morgan fingerprint density at radius 2 is 1.23 bits per heavy atom. The maximum absolute atomic E-state index is 11.8. The summed E-state index contributed by atoms with van der Waals surface area (Å²) in [5.74, 6) is -11.7. The highest BCUT2D eigenvalue weighted by Gasteiger charge is 2.66. The maximum Gasteiger partial charge on any atom is 0.204 e. The van der Waals surface area contributed by atoms with Crippen molar-refractivity contribution in [2.45, 2.75) is 37.4 Å². The molecule has 4 aliphatic rings. The number of allylic oxidation sites excluding steroid dienone is 5. The lowest BCUT2D eigenvalue weighted by atomic mass is 9.60. The largest absolute Gasteiger partial charge is 0.506 e. The number of hydrogen-bond acceptors (Lipinski definition) is 13. The number of aromatic hydroxyl groups is 8. The Morgan fingerprint density at radius 1 is 0.750 bits per heavy atom. The monoisotopic (exact) mass is 555 g/mol. The van der Waals surface area contributed by atoms with E-state index in [0.29, 0.717) is 0 Å². The molecule has 0 aromatic heterocycles. The summed E-state index contributed by atoms with van der Waals surface area (Å²) in [5.41, 5.74) is -1.16. The van der Waals surface area contributed by atoms with Crippen molar-refractivity contribution >= 4 is 11.1 Å². The lowest BCUT2D eigenvalue weighted by Gasteiger charge is -2.45. The highest BCUT2D eigenvalue weighted by molar-refractivity contribution is 6.06. The van der Waals surface area contributed by atoms with E-state index in [1.165, 1.54) is 6.08 Å². The number of aliphatic hydroxyl groups is 4. The Morgan fingerprint density at radius 3 is 1.77 bits per heavy atom. The fourth-order valence-corrected chi connectivity index (χ4v) is 6.81. The minimum atomic E-state index is -2.58. The predicted molar refractivity (Wildman–Crippen MR) is 136 cm³/mol. The van der Waals surface area contributed by atoms with Crippen molar-refractivity contribution < 1.29 is 61.3 Å². The predicted octanol–water partition coefficient (Wildman–Crippen LogP) is 1.49. The van der Waals surface area contributed by atoms with Gasteiger partial charge >= 0.3 is 0 Å². The molecule has 4 unspecified atom stereocenters. The van der Waals surface area contributed by atoms with E-state index in [2.05, 4.69) is 0 Å². The van der Waals surface area contributed by atoms with Gasteiger partial charge in [0.2, 0.25) is 23.0 Å². The Bertz CT molecular complexity index is 1740. The molecule has 1 spiro atoms. The minimum Gasteiger partial charge on any atom is -0.506 e. The van der Waals surface area contributed by atoms with Crippen LogP contribution in [0.4, 0.5) is 0 Å². The van der Waals surface area contributed by atoms with Crippen molar-refractivity contribution in [1.29, 1.82) is 0 Å². The average Bonchev–Trinajstić information content (AvgIpc) is 3.38. The summed E-state index contributed by atoms with van der Waals surface area (Å²) in [7, 11) is 0. The van der Waals surface area contributed by atoms with Gasteiger partial charge in [0.05, 0.1) is 5.41 Å². The maximum atomic E-state index is 11.8. The molecule has 0 bridgehead atoms. The Hall–Kier alpha value is -4.88. The van der Waals surface area contributed by atoms with Crippen molar-refractivity contribution in [3.8, 4) is 46.0 Å². The van der Waals surface area contributed by atoms with Gasteiger partial charge in [-0.2, -0.15) is 0 Å². The first-order valence-corrected chi connectivity index (χ1v) is 12.0. The van der Waals surface area contributed by atoms with Crippen molar-refractivity contribution in [2.75, 3.05) is 0 Å². The molecular weight excluding hydrogens is 530 g/mol. The van der Waals surface area contributed by atoms with Crippen LogP contribution in [0.1, 0.15) is 42.5 Å². The molecule has 0 saturated carbocycles. The second-order valence-electron chi connectivity index (χ2n) is 10.7. The van der Waals surface area contributed by atoms with Gasteiger partial charge in [-0.3, -0.25) is 0 Å². The van der Waals surface area contributed by atoms with Crippen molar-refractivity contribution in [3.05, 3.63) is 56.7 Å². The molecule has 0 aliphatic heterocycles. The van der Waals surface area contributed by atoms with Crippen LogP contribution in [0.15, 0.2) is 34.4 Å². The zero-order valence-corrected chi connectivity index (χ0v) is 20.9. The molecule has 0 saturated heterocycles. The highest BCUT2D eigenvalue weighted by Crippen LogP contribution is 2.74. The zero-order valence-electron chi connectivity index (χ0n) is 20.9. The fraction of sp³-hybridized carbons (Fsp3) is 0.259. The molecule has 210 valence electrons. The van der Waals surface area contributed by atoms with Gasteiger partial charge in [-0.05, 0) is 42.1 Å². The van der Waals surface area contributed by atoms with Crippen molar-refractivity contribution in [2.24, 2.45) is 11.7 Å². The third-order valence-electron chi connectivity index (χ3n) is 8.63. The van der Waals surface area contributed by atoms with E-state index in [9.17, 15) is 61.3 Å². The van der Waals surface area contributed by atoms with Gasteiger partial charge in [0.25, 0.3) is 0 Å². The first-order valence-electron chi connectivity index (χ1n) is 12.0. The fourth-order valence-electron chi connectivity index (χ4n) is 6.81. The van der Waals surface area contributed by atoms with E-state index in [-0.39, 0.29) is 28.8 Å². The van der Waals surface area contributed by atoms with Crippen molar-refractivity contribution in [1.82, 2.24) is 0 Å². The van der Waals surface area contributed by atoms with Gasteiger partial charge in [0.15, 0.2) is 34.5 Å². The van der Waals surface area contributed by atoms with Gasteiger partial charge in [0.1, 0.15) is 11.7 Å². The summed E-state index contributed by atoms with van der Waals surface area (Å²) < 4.78 is 0. The number of phenols is 8. The first-order chi connectivity index (χ1) is 18.5. The SMILES string of the molecule is CC1CC2=C(C=C1N)c1c(O)c(O)c(O)c(O)c1C21C2=C(C(O)=C(O)C(O)C2(C)O)c2c(O)c(O)c(O)c(O)c21. The molecule has 4 aliphatic carbocycles. The van der Waals surface area contributed by atoms with E-state index in [0.717, 1.165) is 6.92 Å². The van der Waals surface area contributed by atoms with Gasteiger partial charge in [-0.1, -0.05) is 6.92 Å². The van der Waals surface area contributed by atoms with Gasteiger partial charge in [-0.25, -0.2) is 0 Å². The topological polar surface area (TPSA) is 269 Å². The number of nitrogens with two attached hydrogens (primary N) is 1. The number of aliphatic hydroxyl groups excluding tert-OH is 3. The van der Waals surface area contributed by atoms with Crippen LogP contribution in [0.3, 0.4) is 0 Å². The summed E-state index contributed by atoms with van der Waals surface area (Å²) in [6.07, 6.45) is -0.878.